The Labute approximate surface area is 118 Å². The number of aromatic nitrogens is 2. The monoisotopic (exact) mass is 283 g/mol. The van der Waals surface area contributed by atoms with Gasteiger partial charge in [-0.15, -0.1) is 0 Å². The molecule has 112 valence electrons. The van der Waals surface area contributed by atoms with E-state index in [-0.39, 0.29) is 12.5 Å². The minimum Gasteiger partial charge on any atom is -0.481 e. The highest BCUT2D eigenvalue weighted by molar-refractivity contribution is 5.67. The number of ether oxygens (including phenoxy) is 2. The van der Waals surface area contributed by atoms with Crippen molar-refractivity contribution in [1.82, 2.24) is 14.7 Å². The molecule has 1 unspecified atom stereocenters. The number of hydrogen-bond donors (Lipinski definition) is 1. The molecule has 0 spiro atoms. The number of nitrogens with zero attached hydrogens (tertiary/aromatic N) is 3. The van der Waals surface area contributed by atoms with E-state index < -0.39 is 5.97 Å². The van der Waals surface area contributed by atoms with Gasteiger partial charge in [0.25, 0.3) is 0 Å². The second-order valence-electron chi connectivity index (χ2n) is 4.99. The van der Waals surface area contributed by atoms with Gasteiger partial charge in [-0.1, -0.05) is 0 Å². The van der Waals surface area contributed by atoms with Crippen LogP contribution in [0.5, 0.6) is 5.88 Å². The lowest BCUT2D eigenvalue weighted by atomic mass is 10.1. The molecule has 1 saturated heterocycles. The predicted octanol–water partition coefficient (Wildman–Crippen LogP) is 0.413. The first kappa shape index (κ1) is 14.8. The Morgan fingerprint density at radius 2 is 2.35 bits per heavy atom. The Balaban J connectivity index is 2.16. The number of aliphatic carboxylic acids is 1. The van der Waals surface area contributed by atoms with Gasteiger partial charge in [0, 0.05) is 26.2 Å². The number of aryl methyl sites for hydroxylation is 2. The third-order valence-electron chi connectivity index (χ3n) is 3.60. The van der Waals surface area contributed by atoms with Gasteiger partial charge in [0.1, 0.15) is 0 Å². The van der Waals surface area contributed by atoms with Crippen LogP contribution in [0.4, 0.5) is 0 Å². The van der Waals surface area contributed by atoms with Crippen molar-refractivity contribution in [3.05, 3.63) is 11.3 Å². The van der Waals surface area contributed by atoms with Gasteiger partial charge in [0.2, 0.25) is 5.88 Å². The number of hydrogen-bond acceptors (Lipinski definition) is 5. The number of carbonyl (C=O) groups is 1. The third-order valence-corrected chi connectivity index (χ3v) is 3.60. The van der Waals surface area contributed by atoms with Gasteiger partial charge in [-0.3, -0.25) is 9.69 Å². The molecule has 1 atom stereocenters. The van der Waals surface area contributed by atoms with Gasteiger partial charge in [0.15, 0.2) is 0 Å². The second-order valence-corrected chi connectivity index (χ2v) is 4.99. The molecule has 1 aliphatic heterocycles. The fraction of sp³-hybridized carbons (Fsp3) is 0.692. The van der Waals surface area contributed by atoms with Crippen LogP contribution in [0.25, 0.3) is 0 Å². The average Bonchev–Trinajstić information content (AvgIpc) is 2.65. The molecule has 0 radical (unpaired) electrons. The molecule has 2 heterocycles. The molecule has 0 amide bonds. The van der Waals surface area contributed by atoms with Crippen LogP contribution in [0.15, 0.2) is 0 Å². The van der Waals surface area contributed by atoms with E-state index >= 15 is 0 Å². The first-order chi connectivity index (χ1) is 9.52. The normalized spacial score (nSPS) is 20.1. The minimum absolute atomic E-state index is 0.0849. The highest BCUT2D eigenvalue weighted by Gasteiger charge is 2.27. The largest absolute Gasteiger partial charge is 0.481 e. The minimum atomic E-state index is -0.805. The van der Waals surface area contributed by atoms with Crippen molar-refractivity contribution in [2.45, 2.75) is 25.9 Å². The summed E-state index contributed by atoms with van der Waals surface area (Å²) in [5, 5.41) is 13.3. The van der Waals surface area contributed by atoms with E-state index in [9.17, 15) is 4.79 Å². The van der Waals surface area contributed by atoms with E-state index in [1.165, 1.54) is 0 Å². The summed E-state index contributed by atoms with van der Waals surface area (Å²) in [5.74, 6) is -0.0801. The van der Waals surface area contributed by atoms with E-state index in [2.05, 4.69) is 10.00 Å². The van der Waals surface area contributed by atoms with E-state index in [0.29, 0.717) is 19.8 Å². The lowest BCUT2D eigenvalue weighted by Crippen LogP contribution is -2.46. The SMILES string of the molecule is COc1c(CN2CCOCC2CC(=O)O)c(C)nn1C. The molecule has 1 aliphatic rings. The lowest BCUT2D eigenvalue weighted by molar-refractivity contribution is -0.140. The zero-order valence-electron chi connectivity index (χ0n) is 12.1. The zero-order valence-corrected chi connectivity index (χ0v) is 12.1. The van der Waals surface area contributed by atoms with Crippen LogP contribution >= 0.6 is 0 Å². The fourth-order valence-electron chi connectivity index (χ4n) is 2.61. The number of carboxylic acids is 1. The Morgan fingerprint density at radius 3 is 3.00 bits per heavy atom. The number of rotatable bonds is 5. The van der Waals surface area contributed by atoms with Crippen molar-refractivity contribution < 1.29 is 19.4 Å². The van der Waals surface area contributed by atoms with E-state index in [1.807, 2.05) is 14.0 Å². The summed E-state index contributed by atoms with van der Waals surface area (Å²) in [6.07, 6.45) is 0.0849. The summed E-state index contributed by atoms with van der Waals surface area (Å²) in [4.78, 5) is 13.1. The molecule has 7 heteroatoms. The Bertz CT molecular complexity index is 486. The first-order valence-electron chi connectivity index (χ1n) is 6.63. The van der Waals surface area contributed by atoms with Gasteiger partial charge in [-0.05, 0) is 6.92 Å². The topological polar surface area (TPSA) is 76.8 Å². The molecular formula is C13H21N3O4. The Kier molecular flexibility index (Phi) is 4.61. The van der Waals surface area contributed by atoms with Gasteiger partial charge >= 0.3 is 5.97 Å². The van der Waals surface area contributed by atoms with Crippen molar-refractivity contribution in [3.8, 4) is 5.88 Å². The summed E-state index contributed by atoms with van der Waals surface area (Å²) < 4.78 is 12.5. The number of methoxy groups -OCH3 is 1. The standard InChI is InChI=1S/C13H21N3O4/c1-9-11(13(19-3)15(2)14-9)7-16-4-5-20-8-10(16)6-12(17)18/h10H,4-8H2,1-3H3,(H,17,18). The fourth-order valence-corrected chi connectivity index (χ4v) is 2.61. The van der Waals surface area contributed by atoms with Gasteiger partial charge in [-0.25, -0.2) is 4.68 Å². The van der Waals surface area contributed by atoms with Gasteiger partial charge in [-0.2, -0.15) is 5.10 Å². The summed E-state index contributed by atoms with van der Waals surface area (Å²) in [6, 6.07) is -0.106. The molecule has 1 aromatic rings. The van der Waals surface area contributed by atoms with Crippen LogP contribution in [0.3, 0.4) is 0 Å². The molecule has 20 heavy (non-hydrogen) atoms. The lowest BCUT2D eigenvalue weighted by Gasteiger charge is -2.34. The van der Waals surface area contributed by atoms with Crippen molar-refractivity contribution in [2.24, 2.45) is 7.05 Å². The van der Waals surface area contributed by atoms with Crippen LogP contribution in [0.1, 0.15) is 17.7 Å². The van der Waals surface area contributed by atoms with Gasteiger partial charge in [0.05, 0.1) is 38.0 Å². The first-order valence-corrected chi connectivity index (χ1v) is 6.63. The Hall–Kier alpha value is -1.60. The number of morpholine rings is 1. The second kappa shape index (κ2) is 6.23. The third kappa shape index (κ3) is 3.10. The van der Waals surface area contributed by atoms with E-state index in [4.69, 9.17) is 14.6 Å². The van der Waals surface area contributed by atoms with Crippen LogP contribution in [-0.4, -0.2) is 58.7 Å². The summed E-state index contributed by atoms with van der Waals surface area (Å²) in [5.41, 5.74) is 1.91. The van der Waals surface area contributed by atoms with Crippen molar-refractivity contribution >= 4 is 5.97 Å². The van der Waals surface area contributed by atoms with Crippen molar-refractivity contribution in [1.29, 1.82) is 0 Å². The van der Waals surface area contributed by atoms with Crippen molar-refractivity contribution in [2.75, 3.05) is 26.9 Å². The number of carboxylic acid groups (broad SMARTS) is 1. The smallest absolute Gasteiger partial charge is 0.305 e. The maximum atomic E-state index is 10.9. The van der Waals surface area contributed by atoms with Crippen LogP contribution in [-0.2, 0) is 23.1 Å². The van der Waals surface area contributed by atoms with Crippen LogP contribution < -0.4 is 4.74 Å². The maximum absolute atomic E-state index is 10.9. The van der Waals surface area contributed by atoms with E-state index in [0.717, 1.165) is 23.7 Å². The molecule has 7 nitrogen and oxygen atoms in total. The Morgan fingerprint density at radius 1 is 1.60 bits per heavy atom. The predicted molar refractivity (Wildman–Crippen MR) is 71.8 cm³/mol. The van der Waals surface area contributed by atoms with E-state index in [1.54, 1.807) is 11.8 Å². The highest BCUT2D eigenvalue weighted by Crippen LogP contribution is 2.25. The molecule has 1 N–H and O–H groups in total. The molecule has 1 aromatic heterocycles. The average molecular weight is 283 g/mol. The highest BCUT2D eigenvalue weighted by atomic mass is 16.5. The summed E-state index contributed by atoms with van der Waals surface area (Å²) in [7, 11) is 3.46. The van der Waals surface area contributed by atoms with Crippen molar-refractivity contribution in [3.63, 3.8) is 0 Å². The summed E-state index contributed by atoms with van der Waals surface area (Å²) in [6.45, 7) is 4.36. The maximum Gasteiger partial charge on any atom is 0.305 e. The van der Waals surface area contributed by atoms with Crippen LogP contribution in [0.2, 0.25) is 0 Å². The van der Waals surface area contributed by atoms with Gasteiger partial charge < -0.3 is 14.6 Å². The molecule has 0 saturated carbocycles. The molecule has 1 fully saturated rings. The molecule has 0 bridgehead atoms. The molecule has 0 aromatic carbocycles. The zero-order chi connectivity index (χ0) is 14.7. The van der Waals surface area contributed by atoms with Crippen LogP contribution in [0, 0.1) is 6.92 Å². The summed E-state index contributed by atoms with van der Waals surface area (Å²) >= 11 is 0. The quantitative estimate of drug-likeness (QED) is 0.843. The molecule has 2 rings (SSSR count). The molecular weight excluding hydrogens is 262 g/mol. The molecule has 0 aliphatic carbocycles.